The summed E-state index contributed by atoms with van der Waals surface area (Å²) in [7, 11) is 0. The van der Waals surface area contributed by atoms with E-state index in [1.54, 1.807) is 0 Å². The summed E-state index contributed by atoms with van der Waals surface area (Å²) in [6.45, 7) is 3.67. The zero-order chi connectivity index (χ0) is 10.2. The van der Waals surface area contributed by atoms with Crippen molar-refractivity contribution in [2.75, 3.05) is 6.54 Å². The molecule has 0 bridgehead atoms. The van der Waals surface area contributed by atoms with Crippen molar-refractivity contribution in [3.8, 4) is 11.8 Å². The molecule has 0 atom stereocenters. The maximum absolute atomic E-state index is 5.78. The van der Waals surface area contributed by atoms with Gasteiger partial charge in [0.05, 0.1) is 0 Å². The largest absolute Gasteiger partial charge is 0.312 e. The molecule has 0 unspecified atom stereocenters. The number of halogens is 1. The first kappa shape index (κ1) is 11.1. The van der Waals surface area contributed by atoms with Gasteiger partial charge in [-0.2, -0.15) is 0 Å². The van der Waals surface area contributed by atoms with Gasteiger partial charge in [-0.15, -0.1) is 11.8 Å². The summed E-state index contributed by atoms with van der Waals surface area (Å²) < 4.78 is 0. The van der Waals surface area contributed by atoms with Gasteiger partial charge in [0.15, 0.2) is 0 Å². The molecule has 0 aliphatic carbocycles. The van der Waals surface area contributed by atoms with Gasteiger partial charge in [0, 0.05) is 24.5 Å². The Hall–Kier alpha value is -0.970. The van der Waals surface area contributed by atoms with Crippen LogP contribution in [0.25, 0.3) is 0 Å². The molecule has 1 N–H and O–H groups in total. The van der Waals surface area contributed by atoms with Crippen molar-refractivity contribution in [1.29, 1.82) is 0 Å². The van der Waals surface area contributed by atoms with Crippen molar-refractivity contribution in [3.63, 3.8) is 0 Å². The molecule has 0 fully saturated rings. The lowest BCUT2D eigenvalue weighted by atomic mass is 10.2. The lowest BCUT2D eigenvalue weighted by Gasteiger charge is -2.02. The van der Waals surface area contributed by atoms with Gasteiger partial charge in [-0.25, -0.2) is 0 Å². The van der Waals surface area contributed by atoms with E-state index in [9.17, 15) is 0 Å². The predicted octanol–water partition coefficient (Wildman–Crippen LogP) is 2.84. The highest BCUT2D eigenvalue weighted by Gasteiger charge is 1.91. The standard InChI is InChI=1S/C12H14ClN/c1-2-3-4-9-14-10-11-5-7-12(13)8-6-11/h5-8,14H,4,9-10H2,1H3. The number of benzene rings is 1. The monoisotopic (exact) mass is 207 g/mol. The fraction of sp³-hybridized carbons (Fsp3) is 0.333. The van der Waals surface area contributed by atoms with Crippen LogP contribution < -0.4 is 5.32 Å². The molecule has 1 aromatic carbocycles. The highest BCUT2D eigenvalue weighted by molar-refractivity contribution is 6.30. The zero-order valence-corrected chi connectivity index (χ0v) is 9.06. The molecule has 0 saturated carbocycles. The average Bonchev–Trinajstić information content (AvgIpc) is 2.21. The highest BCUT2D eigenvalue weighted by atomic mass is 35.5. The molecular formula is C12H14ClN. The molecule has 1 nitrogen and oxygen atoms in total. The smallest absolute Gasteiger partial charge is 0.0406 e. The Morgan fingerprint density at radius 2 is 2.00 bits per heavy atom. The maximum atomic E-state index is 5.78. The van der Waals surface area contributed by atoms with E-state index < -0.39 is 0 Å². The Balaban J connectivity index is 2.23. The third-order valence-electron chi connectivity index (χ3n) is 1.85. The Bertz CT molecular complexity index is 318. The minimum atomic E-state index is 0.783. The van der Waals surface area contributed by atoms with Crippen LogP contribution in [0.3, 0.4) is 0 Å². The Morgan fingerprint density at radius 1 is 1.29 bits per heavy atom. The molecule has 0 saturated heterocycles. The van der Waals surface area contributed by atoms with Crippen LogP contribution in [0.1, 0.15) is 18.9 Å². The van der Waals surface area contributed by atoms with Crippen molar-refractivity contribution >= 4 is 11.6 Å². The van der Waals surface area contributed by atoms with Crippen molar-refractivity contribution in [2.45, 2.75) is 19.9 Å². The van der Waals surface area contributed by atoms with Gasteiger partial charge in [0.2, 0.25) is 0 Å². The van der Waals surface area contributed by atoms with Crippen molar-refractivity contribution in [1.82, 2.24) is 5.32 Å². The van der Waals surface area contributed by atoms with E-state index in [-0.39, 0.29) is 0 Å². The van der Waals surface area contributed by atoms with E-state index >= 15 is 0 Å². The molecule has 2 heteroatoms. The second-order valence-electron chi connectivity index (χ2n) is 2.98. The Morgan fingerprint density at radius 3 is 2.64 bits per heavy atom. The summed E-state index contributed by atoms with van der Waals surface area (Å²) in [4.78, 5) is 0. The average molecular weight is 208 g/mol. The van der Waals surface area contributed by atoms with Gasteiger partial charge in [-0.05, 0) is 24.6 Å². The van der Waals surface area contributed by atoms with Crippen molar-refractivity contribution in [3.05, 3.63) is 34.9 Å². The minimum Gasteiger partial charge on any atom is -0.312 e. The van der Waals surface area contributed by atoms with E-state index in [4.69, 9.17) is 11.6 Å². The molecule has 14 heavy (non-hydrogen) atoms. The highest BCUT2D eigenvalue weighted by Crippen LogP contribution is 2.08. The summed E-state index contributed by atoms with van der Waals surface area (Å²) in [6, 6.07) is 7.87. The fourth-order valence-electron chi connectivity index (χ4n) is 1.11. The van der Waals surface area contributed by atoms with Gasteiger partial charge >= 0.3 is 0 Å². The van der Waals surface area contributed by atoms with Crippen LogP contribution in [0.4, 0.5) is 0 Å². The van der Waals surface area contributed by atoms with E-state index in [0.717, 1.165) is 24.5 Å². The molecular weight excluding hydrogens is 194 g/mol. The molecule has 1 rings (SSSR count). The summed E-state index contributed by atoms with van der Waals surface area (Å²) in [5, 5.41) is 4.09. The minimum absolute atomic E-state index is 0.783. The van der Waals surface area contributed by atoms with Crippen LogP contribution in [-0.2, 0) is 6.54 Å². The molecule has 0 amide bonds. The summed E-state index contributed by atoms with van der Waals surface area (Å²) >= 11 is 5.78. The fourth-order valence-corrected chi connectivity index (χ4v) is 1.24. The molecule has 0 heterocycles. The Kier molecular flexibility index (Phi) is 5.14. The second kappa shape index (κ2) is 6.48. The molecule has 0 aromatic heterocycles. The normalized spacial score (nSPS) is 9.29. The van der Waals surface area contributed by atoms with Gasteiger partial charge < -0.3 is 5.32 Å². The molecule has 74 valence electrons. The van der Waals surface area contributed by atoms with Gasteiger partial charge in [-0.1, -0.05) is 23.7 Å². The van der Waals surface area contributed by atoms with Gasteiger partial charge in [0.1, 0.15) is 0 Å². The summed E-state index contributed by atoms with van der Waals surface area (Å²) in [5.74, 6) is 5.88. The third kappa shape index (κ3) is 4.32. The second-order valence-corrected chi connectivity index (χ2v) is 3.42. The van der Waals surface area contributed by atoms with Crippen LogP contribution >= 0.6 is 11.6 Å². The lowest BCUT2D eigenvalue weighted by molar-refractivity contribution is 0.701. The first-order chi connectivity index (χ1) is 6.83. The van der Waals surface area contributed by atoms with Gasteiger partial charge in [-0.3, -0.25) is 0 Å². The Labute approximate surface area is 90.5 Å². The quantitative estimate of drug-likeness (QED) is 0.592. The molecule has 0 radical (unpaired) electrons. The number of hydrogen-bond acceptors (Lipinski definition) is 1. The molecule has 0 spiro atoms. The third-order valence-corrected chi connectivity index (χ3v) is 2.10. The van der Waals surface area contributed by atoms with Crippen LogP contribution in [0, 0.1) is 11.8 Å². The molecule has 0 aliphatic heterocycles. The van der Waals surface area contributed by atoms with Crippen LogP contribution in [0.5, 0.6) is 0 Å². The van der Waals surface area contributed by atoms with Crippen LogP contribution in [0.2, 0.25) is 5.02 Å². The van der Waals surface area contributed by atoms with E-state index in [1.165, 1.54) is 5.56 Å². The molecule has 0 aliphatic rings. The predicted molar refractivity (Wildman–Crippen MR) is 61.2 cm³/mol. The molecule has 1 aromatic rings. The number of hydrogen-bond donors (Lipinski definition) is 1. The SMILES string of the molecule is CC#CCCNCc1ccc(Cl)cc1. The maximum Gasteiger partial charge on any atom is 0.0406 e. The summed E-state index contributed by atoms with van der Waals surface area (Å²) in [5.41, 5.74) is 1.25. The number of nitrogens with one attached hydrogen (secondary N) is 1. The zero-order valence-electron chi connectivity index (χ0n) is 8.31. The van der Waals surface area contributed by atoms with Crippen molar-refractivity contribution < 1.29 is 0 Å². The van der Waals surface area contributed by atoms with E-state index in [2.05, 4.69) is 17.2 Å². The van der Waals surface area contributed by atoms with E-state index in [0.29, 0.717) is 0 Å². The van der Waals surface area contributed by atoms with Crippen LogP contribution in [0.15, 0.2) is 24.3 Å². The van der Waals surface area contributed by atoms with E-state index in [1.807, 2.05) is 31.2 Å². The van der Waals surface area contributed by atoms with Gasteiger partial charge in [0.25, 0.3) is 0 Å². The summed E-state index contributed by atoms with van der Waals surface area (Å²) in [6.07, 6.45) is 0.907. The lowest BCUT2D eigenvalue weighted by Crippen LogP contribution is -2.13. The first-order valence-electron chi connectivity index (χ1n) is 4.67. The topological polar surface area (TPSA) is 12.0 Å². The van der Waals surface area contributed by atoms with Crippen molar-refractivity contribution in [2.24, 2.45) is 0 Å². The number of rotatable bonds is 4. The van der Waals surface area contributed by atoms with Crippen LogP contribution in [-0.4, -0.2) is 6.54 Å². The first-order valence-corrected chi connectivity index (χ1v) is 5.05.